The molecule has 1 atom stereocenters. The molecular weight excluding hydrogens is 540 g/mol. The minimum Gasteiger partial charge on any atom is -0.507 e. The van der Waals surface area contributed by atoms with E-state index >= 15 is 0 Å². The Morgan fingerprint density at radius 2 is 0.932 bits per heavy atom. The Morgan fingerprint density at radius 3 is 1.20 bits per heavy atom. The van der Waals surface area contributed by atoms with Crippen LogP contribution in [0.5, 0.6) is 11.5 Å². The molecule has 0 saturated heterocycles. The van der Waals surface area contributed by atoms with Crippen LogP contribution in [0.4, 0.5) is 0 Å². The van der Waals surface area contributed by atoms with Crippen molar-refractivity contribution < 1.29 is 10.2 Å². The Labute approximate surface area is 270 Å². The van der Waals surface area contributed by atoms with E-state index in [2.05, 4.69) is 144 Å². The van der Waals surface area contributed by atoms with E-state index < -0.39 is 0 Å². The predicted molar refractivity (Wildman–Crippen MR) is 191 cm³/mol. The number of aromatic hydroxyl groups is 2. The second-order valence-electron chi connectivity index (χ2n) is 16.8. The van der Waals surface area contributed by atoms with E-state index in [1.54, 1.807) is 0 Å². The van der Waals surface area contributed by atoms with Gasteiger partial charge in [-0.15, -0.1) is 0 Å². The van der Waals surface area contributed by atoms with Crippen LogP contribution in [-0.4, -0.2) is 21.3 Å². The molecule has 0 aliphatic carbocycles. The van der Waals surface area contributed by atoms with Gasteiger partial charge in [0, 0.05) is 12.4 Å². The first kappa shape index (κ1) is 37.5. The minimum atomic E-state index is -0.159. The molecule has 0 amide bonds. The Morgan fingerprint density at radius 1 is 0.614 bits per heavy atom. The number of phenolic OH excluding ortho intramolecular Hbond substituents is 2. The quantitative estimate of drug-likeness (QED) is 0.176. The number of allylic oxidation sites excluding steroid dienone is 2. The Kier molecular flexibility index (Phi) is 12.4. The van der Waals surface area contributed by atoms with Crippen molar-refractivity contribution in [2.75, 3.05) is 0 Å². The summed E-state index contributed by atoms with van der Waals surface area (Å²) in [5, 5.41) is 22.3. The van der Waals surface area contributed by atoms with Gasteiger partial charge in [-0.25, -0.2) is 0 Å². The number of benzene rings is 2. The van der Waals surface area contributed by atoms with Crippen LogP contribution in [0, 0.1) is 0 Å². The third-order valence-electron chi connectivity index (χ3n) is 8.32. The van der Waals surface area contributed by atoms with Crippen molar-refractivity contribution in [1.82, 2.24) is 4.90 Å². The molecule has 1 unspecified atom stereocenters. The minimum absolute atomic E-state index is 0.112. The molecule has 246 valence electrons. The molecule has 0 bridgehead atoms. The van der Waals surface area contributed by atoms with Crippen molar-refractivity contribution in [3.63, 3.8) is 0 Å². The maximum atomic E-state index is 11.1. The van der Waals surface area contributed by atoms with E-state index in [0.29, 0.717) is 11.5 Å². The van der Waals surface area contributed by atoms with Gasteiger partial charge in [-0.2, -0.15) is 0 Å². The van der Waals surface area contributed by atoms with E-state index in [1.165, 1.54) is 24.0 Å². The fraction of sp³-hybridized carbons (Fsp3) is 0.600. The second kappa shape index (κ2) is 14.6. The first-order valence-electron chi connectivity index (χ1n) is 16.7. The number of rotatable bonds is 11. The van der Waals surface area contributed by atoms with Crippen LogP contribution in [-0.2, 0) is 34.5 Å². The standard InChI is InChI=1S/C40H64N2O2/c1-14-15-16-21-34(41)42(22-17-19-28-24-30(37(2,3)4)35(43)31(25-28)38(5,6)7)23-18-20-29-26-32(39(8,9)10)36(44)33(27-29)40(11,12)13/h17-18,22-27,34,43-44H,14-16,19-21,41H2,1-13H3. The van der Waals surface area contributed by atoms with Crippen molar-refractivity contribution >= 4 is 0 Å². The van der Waals surface area contributed by atoms with Crippen molar-refractivity contribution in [2.24, 2.45) is 5.73 Å². The topological polar surface area (TPSA) is 69.7 Å². The van der Waals surface area contributed by atoms with Crippen LogP contribution < -0.4 is 5.73 Å². The van der Waals surface area contributed by atoms with Gasteiger partial charge in [0.2, 0.25) is 0 Å². The van der Waals surface area contributed by atoms with Gasteiger partial charge in [-0.1, -0.05) is 146 Å². The maximum Gasteiger partial charge on any atom is 0.123 e. The van der Waals surface area contributed by atoms with Crippen LogP contribution in [0.2, 0.25) is 0 Å². The lowest BCUT2D eigenvalue weighted by atomic mass is 9.78. The summed E-state index contributed by atoms with van der Waals surface area (Å²) < 4.78 is 0. The van der Waals surface area contributed by atoms with Gasteiger partial charge in [0.05, 0.1) is 6.17 Å². The fourth-order valence-electron chi connectivity index (χ4n) is 5.56. The summed E-state index contributed by atoms with van der Waals surface area (Å²) in [7, 11) is 0. The molecule has 4 heteroatoms. The zero-order valence-electron chi connectivity index (χ0n) is 30.4. The van der Waals surface area contributed by atoms with E-state index in [-0.39, 0.29) is 27.8 Å². The van der Waals surface area contributed by atoms with Crippen molar-refractivity contribution in [3.8, 4) is 11.5 Å². The first-order valence-corrected chi connectivity index (χ1v) is 16.7. The molecule has 0 spiro atoms. The third-order valence-corrected chi connectivity index (χ3v) is 8.32. The highest BCUT2D eigenvalue weighted by atomic mass is 16.3. The van der Waals surface area contributed by atoms with Crippen LogP contribution in [0.3, 0.4) is 0 Å². The maximum absolute atomic E-state index is 11.1. The van der Waals surface area contributed by atoms with Gasteiger partial charge in [-0.05, 0) is 74.3 Å². The molecule has 4 N–H and O–H groups in total. The van der Waals surface area contributed by atoms with Gasteiger partial charge < -0.3 is 20.8 Å². The van der Waals surface area contributed by atoms with Gasteiger partial charge in [0.15, 0.2) is 0 Å². The smallest absolute Gasteiger partial charge is 0.123 e. The highest BCUT2D eigenvalue weighted by molar-refractivity contribution is 5.51. The SMILES string of the molecule is CCCCCC(N)N(C=CCc1cc(C(C)(C)C)c(O)c(C(C)(C)C)c1)C=CCc1cc(C(C)(C)C)c(O)c(C(C)(C)C)c1. The molecule has 0 saturated carbocycles. The molecule has 0 aromatic heterocycles. The lowest BCUT2D eigenvalue weighted by molar-refractivity contribution is 0.341. The normalized spacial score (nSPS) is 14.1. The molecule has 0 fully saturated rings. The first-order chi connectivity index (χ1) is 20.1. The summed E-state index contributed by atoms with van der Waals surface area (Å²) in [5.74, 6) is 0.831. The molecule has 4 nitrogen and oxygen atoms in total. The average Bonchev–Trinajstić information content (AvgIpc) is 2.86. The van der Waals surface area contributed by atoms with Crippen molar-refractivity contribution in [3.05, 3.63) is 82.2 Å². The van der Waals surface area contributed by atoms with Gasteiger partial charge in [-0.3, -0.25) is 0 Å². The summed E-state index contributed by atoms with van der Waals surface area (Å²) in [4.78, 5) is 2.14. The third kappa shape index (κ3) is 10.4. The van der Waals surface area contributed by atoms with Gasteiger partial charge >= 0.3 is 0 Å². The van der Waals surface area contributed by atoms with E-state index in [9.17, 15) is 10.2 Å². The second-order valence-corrected chi connectivity index (χ2v) is 16.8. The number of unbranched alkanes of at least 4 members (excludes halogenated alkanes) is 2. The summed E-state index contributed by atoms with van der Waals surface area (Å²) >= 11 is 0. The zero-order chi connectivity index (χ0) is 33.7. The van der Waals surface area contributed by atoms with Crippen molar-refractivity contribution in [2.45, 2.75) is 156 Å². The number of hydrogen-bond donors (Lipinski definition) is 3. The molecular formula is C40H64N2O2. The average molecular weight is 605 g/mol. The van der Waals surface area contributed by atoms with Gasteiger partial charge in [0.1, 0.15) is 11.5 Å². The number of nitrogens with two attached hydrogens (primary N) is 1. The molecule has 44 heavy (non-hydrogen) atoms. The Bertz CT molecular complexity index is 1130. The zero-order valence-corrected chi connectivity index (χ0v) is 30.4. The summed E-state index contributed by atoms with van der Waals surface area (Å²) in [6, 6.07) is 8.61. The number of phenols is 2. The Hall–Kier alpha value is -2.72. The molecule has 2 aromatic rings. The highest BCUT2D eigenvalue weighted by Gasteiger charge is 2.27. The van der Waals surface area contributed by atoms with E-state index in [4.69, 9.17) is 5.73 Å². The van der Waals surface area contributed by atoms with E-state index in [0.717, 1.165) is 47.9 Å². The number of nitrogens with zero attached hydrogens (tertiary/aromatic N) is 1. The van der Waals surface area contributed by atoms with Crippen LogP contribution in [0.15, 0.2) is 48.8 Å². The van der Waals surface area contributed by atoms with E-state index in [1.807, 2.05) is 0 Å². The lowest BCUT2D eigenvalue weighted by Gasteiger charge is -2.28. The predicted octanol–water partition coefficient (Wildman–Crippen LogP) is 10.3. The number of hydrogen-bond acceptors (Lipinski definition) is 4. The summed E-state index contributed by atoms with van der Waals surface area (Å²) in [6.07, 6.45) is 14.4. The lowest BCUT2D eigenvalue weighted by Crippen LogP contribution is -2.34. The molecule has 0 heterocycles. The molecule has 0 aliphatic rings. The van der Waals surface area contributed by atoms with Crippen molar-refractivity contribution in [1.29, 1.82) is 0 Å². The highest BCUT2D eigenvalue weighted by Crippen LogP contribution is 2.41. The van der Waals surface area contributed by atoms with Crippen LogP contribution in [0.1, 0.15) is 149 Å². The molecule has 0 aliphatic heterocycles. The molecule has 2 aromatic carbocycles. The van der Waals surface area contributed by atoms with Crippen LogP contribution in [0.25, 0.3) is 0 Å². The van der Waals surface area contributed by atoms with Gasteiger partial charge in [0.25, 0.3) is 0 Å². The summed E-state index contributed by atoms with van der Waals surface area (Å²) in [5.41, 5.74) is 12.4. The fourth-order valence-corrected chi connectivity index (χ4v) is 5.56. The molecule has 0 radical (unpaired) electrons. The molecule has 2 rings (SSSR count). The monoisotopic (exact) mass is 604 g/mol. The Balaban J connectivity index is 2.42. The summed E-state index contributed by atoms with van der Waals surface area (Å²) in [6.45, 7) is 28.0. The largest absolute Gasteiger partial charge is 0.507 e. The van der Waals surface area contributed by atoms with Crippen LogP contribution >= 0.6 is 0 Å².